The summed E-state index contributed by atoms with van der Waals surface area (Å²) in [5.41, 5.74) is 2.46. The molecule has 2 unspecified atom stereocenters. The molecular formula is C21H32ClN3O2S. The van der Waals surface area contributed by atoms with Gasteiger partial charge in [-0.25, -0.2) is 0 Å². The molecule has 3 rings (SSSR count). The van der Waals surface area contributed by atoms with Gasteiger partial charge in [-0.1, -0.05) is 43.5 Å². The van der Waals surface area contributed by atoms with Gasteiger partial charge < -0.3 is 16.0 Å². The zero-order valence-electron chi connectivity index (χ0n) is 16.5. The van der Waals surface area contributed by atoms with E-state index in [1.807, 2.05) is 18.4 Å². The topological polar surface area (TPSA) is 70.2 Å². The molecule has 0 aromatic heterocycles. The highest BCUT2D eigenvalue weighted by molar-refractivity contribution is 7.98. The number of hydrogen-bond acceptors (Lipinski definition) is 4. The standard InChI is InChI=1S/C21H31N3O2S.ClH/c1-27-12-11-18(20(25)23-17-9-3-2-4-10-17)24-21(26)19-13-15-7-5-6-8-16(15)14-22-19;/h5-8,17-19,22H,2-4,9-14H2,1H3,(H,23,25)(H,24,26);1H. The molecule has 2 aliphatic rings. The summed E-state index contributed by atoms with van der Waals surface area (Å²) in [4.78, 5) is 25.6. The lowest BCUT2D eigenvalue weighted by atomic mass is 9.94. The van der Waals surface area contributed by atoms with Gasteiger partial charge in [-0.2, -0.15) is 11.8 Å². The van der Waals surface area contributed by atoms with E-state index in [0.29, 0.717) is 19.4 Å². The van der Waals surface area contributed by atoms with Crippen LogP contribution in [0, 0.1) is 0 Å². The summed E-state index contributed by atoms with van der Waals surface area (Å²) in [6.07, 6.45) is 9.07. The fourth-order valence-corrected chi connectivity index (χ4v) is 4.44. The van der Waals surface area contributed by atoms with Crippen molar-refractivity contribution in [1.82, 2.24) is 16.0 Å². The number of nitrogens with one attached hydrogen (secondary N) is 3. The number of benzene rings is 1. The molecule has 1 fully saturated rings. The number of fused-ring (bicyclic) bond motifs is 1. The van der Waals surface area contributed by atoms with Crippen molar-refractivity contribution in [3.05, 3.63) is 35.4 Å². The van der Waals surface area contributed by atoms with Crippen LogP contribution in [0.5, 0.6) is 0 Å². The molecule has 1 aliphatic heterocycles. The Hall–Kier alpha value is -1.24. The lowest BCUT2D eigenvalue weighted by Gasteiger charge is -2.29. The normalized spacial score (nSPS) is 20.4. The van der Waals surface area contributed by atoms with E-state index in [-0.39, 0.29) is 36.3 Å². The van der Waals surface area contributed by atoms with Gasteiger partial charge in [0.25, 0.3) is 0 Å². The van der Waals surface area contributed by atoms with Crippen molar-refractivity contribution in [2.75, 3.05) is 12.0 Å². The summed E-state index contributed by atoms with van der Waals surface area (Å²) in [6.45, 7) is 0.692. The second kappa shape index (κ2) is 11.7. The molecule has 7 heteroatoms. The first-order valence-electron chi connectivity index (χ1n) is 10.1. The summed E-state index contributed by atoms with van der Waals surface area (Å²) >= 11 is 1.70. The van der Waals surface area contributed by atoms with Crippen molar-refractivity contribution in [1.29, 1.82) is 0 Å². The molecular weight excluding hydrogens is 394 g/mol. The highest BCUT2D eigenvalue weighted by Crippen LogP contribution is 2.18. The molecule has 5 nitrogen and oxygen atoms in total. The number of rotatable bonds is 7. The van der Waals surface area contributed by atoms with E-state index in [4.69, 9.17) is 0 Å². The third-order valence-corrected chi connectivity index (χ3v) is 6.24. The Labute approximate surface area is 178 Å². The largest absolute Gasteiger partial charge is 0.352 e. The molecule has 156 valence electrons. The zero-order chi connectivity index (χ0) is 19.1. The van der Waals surface area contributed by atoms with Crippen molar-refractivity contribution >= 4 is 36.0 Å². The first-order valence-corrected chi connectivity index (χ1v) is 11.5. The molecule has 0 radical (unpaired) electrons. The minimum atomic E-state index is -0.453. The van der Waals surface area contributed by atoms with Crippen molar-refractivity contribution in [3.63, 3.8) is 0 Å². The maximum absolute atomic E-state index is 12.8. The van der Waals surface area contributed by atoms with Gasteiger partial charge in [0.05, 0.1) is 6.04 Å². The van der Waals surface area contributed by atoms with E-state index in [1.54, 1.807) is 11.8 Å². The first kappa shape index (κ1) is 23.0. The Morgan fingerprint density at radius 3 is 2.61 bits per heavy atom. The maximum Gasteiger partial charge on any atom is 0.242 e. The van der Waals surface area contributed by atoms with Crippen LogP contribution in [0.4, 0.5) is 0 Å². The molecule has 2 atom stereocenters. The van der Waals surface area contributed by atoms with Gasteiger partial charge >= 0.3 is 0 Å². The first-order chi connectivity index (χ1) is 13.2. The van der Waals surface area contributed by atoms with Crippen LogP contribution in [-0.4, -0.2) is 41.9 Å². The Morgan fingerprint density at radius 2 is 1.89 bits per heavy atom. The predicted molar refractivity (Wildman–Crippen MR) is 118 cm³/mol. The van der Waals surface area contributed by atoms with E-state index in [9.17, 15) is 9.59 Å². The van der Waals surface area contributed by atoms with Gasteiger partial charge in [0, 0.05) is 12.6 Å². The minimum absolute atomic E-state index is 0. The molecule has 1 heterocycles. The second-order valence-electron chi connectivity index (χ2n) is 7.59. The highest BCUT2D eigenvalue weighted by atomic mass is 35.5. The minimum Gasteiger partial charge on any atom is -0.352 e. The molecule has 1 aromatic carbocycles. The monoisotopic (exact) mass is 425 g/mol. The Kier molecular flexibility index (Phi) is 9.62. The average Bonchev–Trinajstić information content (AvgIpc) is 2.71. The smallest absolute Gasteiger partial charge is 0.242 e. The van der Waals surface area contributed by atoms with Crippen molar-refractivity contribution in [3.8, 4) is 0 Å². The second-order valence-corrected chi connectivity index (χ2v) is 8.58. The van der Waals surface area contributed by atoms with Crippen molar-refractivity contribution < 1.29 is 9.59 Å². The lowest BCUT2D eigenvalue weighted by Crippen LogP contribution is -2.55. The van der Waals surface area contributed by atoms with Gasteiger partial charge in [-0.3, -0.25) is 9.59 Å². The van der Waals surface area contributed by atoms with Crippen LogP contribution < -0.4 is 16.0 Å². The molecule has 1 saturated carbocycles. The lowest BCUT2D eigenvalue weighted by molar-refractivity contribution is -0.130. The summed E-state index contributed by atoms with van der Waals surface area (Å²) < 4.78 is 0. The van der Waals surface area contributed by atoms with Crippen LogP contribution in [0.1, 0.15) is 49.7 Å². The molecule has 2 amide bonds. The zero-order valence-corrected chi connectivity index (χ0v) is 18.2. The van der Waals surface area contributed by atoms with E-state index >= 15 is 0 Å². The fraction of sp³-hybridized carbons (Fsp3) is 0.619. The van der Waals surface area contributed by atoms with Gasteiger partial charge in [0.2, 0.25) is 11.8 Å². The van der Waals surface area contributed by atoms with Gasteiger partial charge in [-0.05, 0) is 48.8 Å². The Balaban J connectivity index is 0.00000280. The predicted octanol–water partition coefficient (Wildman–Crippen LogP) is 2.81. The van der Waals surface area contributed by atoms with E-state index in [1.165, 1.54) is 30.4 Å². The third-order valence-electron chi connectivity index (χ3n) is 5.59. The molecule has 0 spiro atoms. The van der Waals surface area contributed by atoms with Crippen LogP contribution in [0.15, 0.2) is 24.3 Å². The van der Waals surface area contributed by atoms with Gasteiger partial charge in [0.1, 0.15) is 6.04 Å². The number of carbonyl (C=O) groups is 2. The van der Waals surface area contributed by atoms with Crippen LogP contribution in [0.3, 0.4) is 0 Å². The fourth-order valence-electron chi connectivity index (χ4n) is 3.97. The highest BCUT2D eigenvalue weighted by Gasteiger charge is 2.29. The average molecular weight is 426 g/mol. The van der Waals surface area contributed by atoms with E-state index in [0.717, 1.165) is 18.6 Å². The number of halogens is 1. The summed E-state index contributed by atoms with van der Waals surface area (Å²) in [5.74, 6) is 0.749. The molecule has 28 heavy (non-hydrogen) atoms. The Bertz CT molecular complexity index is 652. The van der Waals surface area contributed by atoms with Crippen LogP contribution in [0.2, 0.25) is 0 Å². The number of amides is 2. The van der Waals surface area contributed by atoms with Crippen LogP contribution in [0.25, 0.3) is 0 Å². The van der Waals surface area contributed by atoms with E-state index in [2.05, 4.69) is 28.1 Å². The molecule has 1 aliphatic carbocycles. The maximum atomic E-state index is 12.8. The SMILES string of the molecule is CSCCC(NC(=O)C1Cc2ccccc2CN1)C(=O)NC1CCCCC1.Cl. The third kappa shape index (κ3) is 6.39. The van der Waals surface area contributed by atoms with Crippen LogP contribution in [-0.2, 0) is 22.6 Å². The number of carbonyl (C=O) groups excluding carboxylic acids is 2. The van der Waals surface area contributed by atoms with Crippen molar-refractivity contribution in [2.45, 2.75) is 69.6 Å². The number of hydrogen-bond donors (Lipinski definition) is 3. The van der Waals surface area contributed by atoms with Gasteiger partial charge in [-0.15, -0.1) is 12.4 Å². The quantitative estimate of drug-likeness (QED) is 0.628. The molecule has 1 aromatic rings. The summed E-state index contributed by atoms with van der Waals surface area (Å²) in [5, 5.41) is 9.49. The summed E-state index contributed by atoms with van der Waals surface area (Å²) in [7, 11) is 0. The van der Waals surface area contributed by atoms with E-state index < -0.39 is 6.04 Å². The molecule has 0 bridgehead atoms. The van der Waals surface area contributed by atoms with Gasteiger partial charge in [0.15, 0.2) is 0 Å². The van der Waals surface area contributed by atoms with Crippen LogP contribution >= 0.6 is 24.2 Å². The van der Waals surface area contributed by atoms with Crippen molar-refractivity contribution in [2.24, 2.45) is 0 Å². The summed E-state index contributed by atoms with van der Waals surface area (Å²) in [6, 6.07) is 7.74. The number of thioether (sulfide) groups is 1. The molecule has 3 N–H and O–H groups in total. The Morgan fingerprint density at radius 1 is 1.18 bits per heavy atom. The molecule has 0 saturated heterocycles.